The van der Waals surface area contributed by atoms with Gasteiger partial charge < -0.3 is 15.0 Å². The summed E-state index contributed by atoms with van der Waals surface area (Å²) in [5, 5.41) is 14.7. The fourth-order valence-corrected chi connectivity index (χ4v) is 6.51. The quantitative estimate of drug-likeness (QED) is 0.154. The lowest BCUT2D eigenvalue weighted by Gasteiger charge is -2.33. The van der Waals surface area contributed by atoms with Crippen LogP contribution in [0.1, 0.15) is 16.7 Å². The summed E-state index contributed by atoms with van der Waals surface area (Å²) in [5.41, 5.74) is 1.32. The predicted molar refractivity (Wildman–Crippen MR) is 175 cm³/mol. The molecule has 4 aromatic rings. The van der Waals surface area contributed by atoms with Gasteiger partial charge in [-0.15, -0.1) is 0 Å². The molecule has 0 unspecified atom stereocenters. The standard InChI is InChI=1S/C33H33ClN4O7S/c1-23-13-18-28(20-30(23)38(41)42)46(43,44)37(26-14-16-27(45-3)17-15-26)22-32(39)36(21-25-11-7-8-12-29(25)34)31(33(40)35-2)19-24-9-5-4-6-10-24/h4-18,20,31H,19,21-22H2,1-3H3,(H,35,40)/t31-/m1/s1. The highest BCUT2D eigenvalue weighted by Gasteiger charge is 2.35. The number of nitro benzene ring substituents is 1. The number of anilines is 1. The second-order valence-electron chi connectivity index (χ2n) is 10.3. The minimum absolute atomic E-state index is 0.101. The van der Waals surface area contributed by atoms with Gasteiger partial charge in [0.05, 0.1) is 22.6 Å². The number of nitrogens with zero attached hydrogens (tertiary/aromatic N) is 3. The molecule has 240 valence electrons. The summed E-state index contributed by atoms with van der Waals surface area (Å²) >= 11 is 6.48. The normalized spacial score (nSPS) is 11.7. The number of benzene rings is 4. The highest BCUT2D eigenvalue weighted by molar-refractivity contribution is 7.92. The van der Waals surface area contributed by atoms with E-state index in [9.17, 15) is 28.1 Å². The molecule has 4 aromatic carbocycles. The van der Waals surface area contributed by atoms with E-state index in [0.29, 0.717) is 16.3 Å². The first kappa shape index (κ1) is 33.9. The molecule has 13 heteroatoms. The molecule has 0 heterocycles. The first-order valence-electron chi connectivity index (χ1n) is 14.2. The fraction of sp³-hybridized carbons (Fsp3) is 0.212. The smallest absolute Gasteiger partial charge is 0.273 e. The van der Waals surface area contributed by atoms with Crippen LogP contribution in [0.4, 0.5) is 11.4 Å². The number of amides is 2. The number of nitrogens with one attached hydrogen (secondary N) is 1. The number of sulfonamides is 1. The monoisotopic (exact) mass is 664 g/mol. The number of rotatable bonds is 13. The summed E-state index contributed by atoms with van der Waals surface area (Å²) in [7, 11) is -1.64. The maximum atomic E-state index is 14.4. The van der Waals surface area contributed by atoms with Crippen LogP contribution in [0, 0.1) is 17.0 Å². The number of likely N-dealkylation sites (N-methyl/N-ethyl adjacent to an activating group) is 1. The van der Waals surface area contributed by atoms with Gasteiger partial charge >= 0.3 is 0 Å². The van der Waals surface area contributed by atoms with Crippen LogP contribution in [0.15, 0.2) is 102 Å². The second-order valence-corrected chi connectivity index (χ2v) is 12.6. The Morgan fingerprint density at radius 2 is 1.63 bits per heavy atom. The summed E-state index contributed by atoms with van der Waals surface area (Å²) in [5.74, 6) is -0.719. The lowest BCUT2D eigenvalue weighted by Crippen LogP contribution is -2.53. The van der Waals surface area contributed by atoms with Crippen LogP contribution in [0.5, 0.6) is 5.75 Å². The number of carbonyl (C=O) groups is 2. The molecular weight excluding hydrogens is 632 g/mol. The van der Waals surface area contributed by atoms with Crippen molar-refractivity contribution in [3.05, 3.63) is 129 Å². The van der Waals surface area contributed by atoms with E-state index in [1.807, 2.05) is 30.3 Å². The summed E-state index contributed by atoms with van der Waals surface area (Å²) in [6, 6.07) is 24.5. The molecule has 0 aromatic heterocycles. The van der Waals surface area contributed by atoms with Gasteiger partial charge in [0.2, 0.25) is 11.8 Å². The number of hydrogen-bond donors (Lipinski definition) is 1. The number of ether oxygens (including phenoxy) is 1. The van der Waals surface area contributed by atoms with Crippen LogP contribution >= 0.6 is 11.6 Å². The average molecular weight is 665 g/mol. The summed E-state index contributed by atoms with van der Waals surface area (Å²) < 4.78 is 34.5. The molecule has 0 radical (unpaired) electrons. The fourth-order valence-electron chi connectivity index (χ4n) is 4.88. The Morgan fingerprint density at radius 1 is 0.978 bits per heavy atom. The summed E-state index contributed by atoms with van der Waals surface area (Å²) in [4.78, 5) is 39.7. The second kappa shape index (κ2) is 14.9. The number of aryl methyl sites for hydroxylation is 1. The molecule has 1 N–H and O–H groups in total. The van der Waals surface area contributed by atoms with Gasteiger partial charge in [0.1, 0.15) is 18.3 Å². The van der Waals surface area contributed by atoms with E-state index in [0.717, 1.165) is 15.9 Å². The molecule has 0 aliphatic heterocycles. The van der Waals surface area contributed by atoms with E-state index in [1.165, 1.54) is 62.4 Å². The van der Waals surface area contributed by atoms with E-state index in [1.54, 1.807) is 24.3 Å². The van der Waals surface area contributed by atoms with Crippen molar-refractivity contribution < 1.29 is 27.7 Å². The topological polar surface area (TPSA) is 139 Å². The van der Waals surface area contributed by atoms with E-state index in [-0.39, 0.29) is 34.8 Å². The van der Waals surface area contributed by atoms with E-state index in [2.05, 4.69) is 5.32 Å². The third kappa shape index (κ3) is 7.82. The molecule has 0 fully saturated rings. The van der Waals surface area contributed by atoms with Crippen LogP contribution in [-0.2, 0) is 32.6 Å². The molecule has 0 spiro atoms. The number of methoxy groups -OCH3 is 1. The molecule has 4 rings (SSSR count). The largest absolute Gasteiger partial charge is 0.497 e. The first-order chi connectivity index (χ1) is 22.0. The van der Waals surface area contributed by atoms with Gasteiger partial charge in [0.15, 0.2) is 0 Å². The Hall–Kier alpha value is -4.94. The Labute approximate surface area is 272 Å². The molecule has 11 nitrogen and oxygen atoms in total. The zero-order valence-corrected chi connectivity index (χ0v) is 27.0. The molecule has 46 heavy (non-hydrogen) atoms. The van der Waals surface area contributed by atoms with Crippen LogP contribution < -0.4 is 14.4 Å². The number of carbonyl (C=O) groups excluding carboxylic acids is 2. The van der Waals surface area contributed by atoms with Crippen molar-refractivity contribution >= 4 is 44.8 Å². The molecule has 0 aliphatic rings. The van der Waals surface area contributed by atoms with Gasteiger partial charge in [-0.2, -0.15) is 0 Å². The third-order valence-electron chi connectivity index (χ3n) is 7.42. The zero-order valence-electron chi connectivity index (χ0n) is 25.4. The van der Waals surface area contributed by atoms with E-state index < -0.39 is 39.3 Å². The number of nitro groups is 1. The zero-order chi connectivity index (χ0) is 33.4. The van der Waals surface area contributed by atoms with Crippen molar-refractivity contribution in [1.29, 1.82) is 0 Å². The highest BCUT2D eigenvalue weighted by atomic mass is 35.5. The lowest BCUT2D eigenvalue weighted by molar-refractivity contribution is -0.385. The van der Waals surface area contributed by atoms with Gasteiger partial charge in [-0.3, -0.25) is 24.0 Å². The third-order valence-corrected chi connectivity index (χ3v) is 9.56. The SMILES string of the molecule is CNC(=O)[C@@H](Cc1ccccc1)N(Cc1ccccc1Cl)C(=O)CN(c1ccc(OC)cc1)S(=O)(=O)c1ccc(C)c([N+](=O)[O-])c1. The molecule has 1 atom stereocenters. The number of hydrogen-bond acceptors (Lipinski definition) is 7. The minimum Gasteiger partial charge on any atom is -0.497 e. The summed E-state index contributed by atoms with van der Waals surface area (Å²) in [6.45, 7) is 0.663. The van der Waals surface area contributed by atoms with Crippen molar-refractivity contribution in [1.82, 2.24) is 10.2 Å². The molecule has 0 saturated carbocycles. The van der Waals surface area contributed by atoms with Crippen molar-refractivity contribution in [2.75, 3.05) is 25.0 Å². The Kier molecular flexibility index (Phi) is 11.0. The molecule has 0 saturated heterocycles. The minimum atomic E-state index is -4.55. The van der Waals surface area contributed by atoms with Crippen molar-refractivity contribution in [2.24, 2.45) is 0 Å². The molecule has 0 aliphatic carbocycles. The highest BCUT2D eigenvalue weighted by Crippen LogP contribution is 2.30. The Balaban J connectivity index is 1.83. The van der Waals surface area contributed by atoms with Gasteiger partial charge in [-0.1, -0.05) is 66.2 Å². The van der Waals surface area contributed by atoms with Gasteiger partial charge in [0, 0.05) is 36.7 Å². The van der Waals surface area contributed by atoms with Crippen LogP contribution in [0.3, 0.4) is 0 Å². The van der Waals surface area contributed by atoms with Crippen molar-refractivity contribution in [3.63, 3.8) is 0 Å². The molecule has 0 bridgehead atoms. The van der Waals surface area contributed by atoms with Crippen molar-refractivity contribution in [2.45, 2.75) is 30.8 Å². The number of halogens is 1. The maximum absolute atomic E-state index is 14.4. The van der Waals surface area contributed by atoms with Crippen LogP contribution in [0.2, 0.25) is 5.02 Å². The summed E-state index contributed by atoms with van der Waals surface area (Å²) in [6.07, 6.45) is 0.135. The van der Waals surface area contributed by atoms with Crippen molar-refractivity contribution in [3.8, 4) is 5.75 Å². The van der Waals surface area contributed by atoms with Gasteiger partial charge in [0.25, 0.3) is 15.7 Å². The maximum Gasteiger partial charge on any atom is 0.273 e. The Morgan fingerprint density at radius 3 is 2.24 bits per heavy atom. The molecular formula is C33H33ClN4O7S. The Bertz CT molecular complexity index is 1820. The molecule has 2 amide bonds. The lowest BCUT2D eigenvalue weighted by atomic mass is 10.0. The average Bonchev–Trinajstić information content (AvgIpc) is 3.06. The van der Waals surface area contributed by atoms with E-state index >= 15 is 0 Å². The van der Waals surface area contributed by atoms with Crippen LogP contribution in [0.25, 0.3) is 0 Å². The van der Waals surface area contributed by atoms with E-state index in [4.69, 9.17) is 16.3 Å². The van der Waals surface area contributed by atoms with Gasteiger partial charge in [-0.25, -0.2) is 8.42 Å². The van der Waals surface area contributed by atoms with Gasteiger partial charge in [-0.05, 0) is 54.4 Å². The first-order valence-corrected chi connectivity index (χ1v) is 16.0. The van der Waals surface area contributed by atoms with Crippen LogP contribution in [-0.4, -0.2) is 56.8 Å². The predicted octanol–water partition coefficient (Wildman–Crippen LogP) is 5.15.